The number of aryl methyl sites for hydroxylation is 2. The first-order chi connectivity index (χ1) is 9.40. The van der Waals surface area contributed by atoms with Crippen LogP contribution in [0.15, 0.2) is 46.1 Å². The molecule has 0 radical (unpaired) electrons. The number of nitrogens with one attached hydrogen (secondary N) is 1. The molecule has 0 fully saturated rings. The molecular formula is C14H17NO4S. The van der Waals surface area contributed by atoms with Crippen molar-refractivity contribution in [2.24, 2.45) is 0 Å². The summed E-state index contributed by atoms with van der Waals surface area (Å²) < 4.78 is 31.5. The lowest BCUT2D eigenvalue weighted by molar-refractivity contribution is 0.181. The SMILES string of the molecule is Cc1ccc(S(=O)(=O)NC[C@H](O)c2ccoc2)cc1C. The number of furan rings is 1. The molecular weight excluding hydrogens is 278 g/mol. The first kappa shape index (κ1) is 14.8. The van der Waals surface area contributed by atoms with Crippen molar-refractivity contribution in [3.63, 3.8) is 0 Å². The van der Waals surface area contributed by atoms with Gasteiger partial charge in [-0.2, -0.15) is 0 Å². The van der Waals surface area contributed by atoms with Crippen molar-refractivity contribution in [2.75, 3.05) is 6.54 Å². The molecule has 2 N–H and O–H groups in total. The van der Waals surface area contributed by atoms with Gasteiger partial charge in [-0.25, -0.2) is 13.1 Å². The fraction of sp³-hybridized carbons (Fsp3) is 0.286. The van der Waals surface area contributed by atoms with E-state index in [2.05, 4.69) is 4.72 Å². The lowest BCUT2D eigenvalue weighted by Crippen LogP contribution is -2.28. The Morgan fingerprint density at radius 3 is 2.60 bits per heavy atom. The summed E-state index contributed by atoms with van der Waals surface area (Å²) in [4.78, 5) is 0.194. The van der Waals surface area contributed by atoms with Gasteiger partial charge in [-0.3, -0.25) is 0 Å². The molecule has 0 amide bonds. The molecule has 1 aromatic heterocycles. The van der Waals surface area contributed by atoms with E-state index in [-0.39, 0.29) is 11.4 Å². The third-order valence-corrected chi connectivity index (χ3v) is 4.60. The number of benzene rings is 1. The summed E-state index contributed by atoms with van der Waals surface area (Å²) >= 11 is 0. The maximum Gasteiger partial charge on any atom is 0.240 e. The van der Waals surface area contributed by atoms with Crippen molar-refractivity contribution in [3.05, 3.63) is 53.5 Å². The minimum Gasteiger partial charge on any atom is -0.472 e. The first-order valence-electron chi connectivity index (χ1n) is 6.17. The Morgan fingerprint density at radius 2 is 2.00 bits per heavy atom. The van der Waals surface area contributed by atoms with Crippen LogP contribution in [0.4, 0.5) is 0 Å². The minimum atomic E-state index is -3.63. The van der Waals surface area contributed by atoms with E-state index >= 15 is 0 Å². The molecule has 1 aromatic carbocycles. The summed E-state index contributed by atoms with van der Waals surface area (Å²) in [6.07, 6.45) is 1.88. The molecule has 0 saturated carbocycles. The Kier molecular flexibility index (Phi) is 4.27. The molecule has 1 atom stereocenters. The van der Waals surface area contributed by atoms with Gasteiger partial charge in [0.15, 0.2) is 0 Å². The van der Waals surface area contributed by atoms with Crippen molar-refractivity contribution in [1.82, 2.24) is 4.72 Å². The monoisotopic (exact) mass is 295 g/mol. The summed E-state index contributed by atoms with van der Waals surface area (Å²) in [7, 11) is -3.63. The molecule has 108 valence electrons. The maximum atomic E-state index is 12.1. The van der Waals surface area contributed by atoms with Gasteiger partial charge < -0.3 is 9.52 Å². The van der Waals surface area contributed by atoms with Gasteiger partial charge in [0, 0.05) is 12.1 Å². The van der Waals surface area contributed by atoms with Crippen LogP contribution in [0.3, 0.4) is 0 Å². The van der Waals surface area contributed by atoms with Crippen molar-refractivity contribution in [2.45, 2.75) is 24.8 Å². The zero-order chi connectivity index (χ0) is 14.8. The predicted octanol–water partition coefficient (Wildman–Crippen LogP) is 1.91. The number of hydrogen-bond donors (Lipinski definition) is 2. The molecule has 2 aromatic rings. The van der Waals surface area contributed by atoms with Crippen LogP contribution in [0.1, 0.15) is 22.8 Å². The Hall–Kier alpha value is -1.63. The van der Waals surface area contributed by atoms with E-state index in [9.17, 15) is 13.5 Å². The second-order valence-electron chi connectivity index (χ2n) is 4.67. The van der Waals surface area contributed by atoms with Gasteiger partial charge in [0.25, 0.3) is 0 Å². The summed E-state index contributed by atoms with van der Waals surface area (Å²) in [5.74, 6) is 0. The lowest BCUT2D eigenvalue weighted by Gasteiger charge is -2.11. The van der Waals surface area contributed by atoms with Crippen LogP contribution in [0, 0.1) is 13.8 Å². The molecule has 0 bridgehead atoms. The Bertz CT molecular complexity index is 677. The summed E-state index contributed by atoms with van der Waals surface area (Å²) in [6.45, 7) is 3.67. The van der Waals surface area contributed by atoms with Gasteiger partial charge in [-0.15, -0.1) is 0 Å². The van der Waals surface area contributed by atoms with Crippen LogP contribution in [-0.4, -0.2) is 20.1 Å². The third kappa shape index (κ3) is 3.27. The van der Waals surface area contributed by atoms with Crippen LogP contribution in [0.5, 0.6) is 0 Å². The highest BCUT2D eigenvalue weighted by Crippen LogP contribution is 2.16. The third-order valence-electron chi connectivity index (χ3n) is 3.18. The predicted molar refractivity (Wildman–Crippen MR) is 74.8 cm³/mol. The van der Waals surface area contributed by atoms with E-state index in [1.165, 1.54) is 12.5 Å². The second kappa shape index (κ2) is 5.78. The van der Waals surface area contributed by atoms with Crippen LogP contribution < -0.4 is 4.72 Å². The standard InChI is InChI=1S/C14H17NO4S/c1-10-3-4-13(7-11(10)2)20(17,18)15-8-14(16)12-5-6-19-9-12/h3-7,9,14-16H,8H2,1-2H3/t14-/m0/s1. The number of sulfonamides is 1. The normalized spacial score (nSPS) is 13.3. The Morgan fingerprint density at radius 1 is 1.25 bits per heavy atom. The summed E-state index contributed by atoms with van der Waals surface area (Å²) in [5.41, 5.74) is 2.47. The minimum absolute atomic E-state index is 0.102. The number of rotatable bonds is 5. The zero-order valence-electron chi connectivity index (χ0n) is 11.3. The molecule has 20 heavy (non-hydrogen) atoms. The Balaban J connectivity index is 2.09. The maximum absolute atomic E-state index is 12.1. The molecule has 2 rings (SSSR count). The fourth-order valence-electron chi connectivity index (χ4n) is 1.74. The second-order valence-corrected chi connectivity index (χ2v) is 6.44. The fourth-order valence-corrected chi connectivity index (χ4v) is 2.86. The highest BCUT2D eigenvalue weighted by molar-refractivity contribution is 7.89. The lowest BCUT2D eigenvalue weighted by atomic mass is 10.1. The van der Waals surface area contributed by atoms with Crippen molar-refractivity contribution in [1.29, 1.82) is 0 Å². The molecule has 0 unspecified atom stereocenters. The highest BCUT2D eigenvalue weighted by atomic mass is 32.2. The number of hydrogen-bond acceptors (Lipinski definition) is 4. The van der Waals surface area contributed by atoms with Crippen LogP contribution in [0.25, 0.3) is 0 Å². The first-order valence-corrected chi connectivity index (χ1v) is 7.65. The van der Waals surface area contributed by atoms with E-state index in [0.717, 1.165) is 11.1 Å². The van der Waals surface area contributed by atoms with Gasteiger partial charge in [-0.1, -0.05) is 6.07 Å². The van der Waals surface area contributed by atoms with E-state index in [0.29, 0.717) is 5.56 Å². The topological polar surface area (TPSA) is 79.5 Å². The quantitative estimate of drug-likeness (QED) is 0.883. The molecule has 0 aliphatic heterocycles. The molecule has 0 aliphatic carbocycles. The largest absolute Gasteiger partial charge is 0.472 e. The van der Waals surface area contributed by atoms with E-state index < -0.39 is 16.1 Å². The van der Waals surface area contributed by atoms with E-state index in [1.54, 1.807) is 24.3 Å². The van der Waals surface area contributed by atoms with Gasteiger partial charge in [0.1, 0.15) is 0 Å². The zero-order valence-corrected chi connectivity index (χ0v) is 12.1. The van der Waals surface area contributed by atoms with Gasteiger partial charge in [-0.05, 0) is 43.2 Å². The molecule has 1 heterocycles. The number of aliphatic hydroxyl groups is 1. The highest BCUT2D eigenvalue weighted by Gasteiger charge is 2.17. The molecule has 5 nitrogen and oxygen atoms in total. The molecule has 0 aliphatic rings. The van der Waals surface area contributed by atoms with Gasteiger partial charge >= 0.3 is 0 Å². The summed E-state index contributed by atoms with van der Waals surface area (Å²) in [5, 5.41) is 9.83. The van der Waals surface area contributed by atoms with E-state index in [4.69, 9.17) is 4.42 Å². The van der Waals surface area contributed by atoms with Crippen molar-refractivity contribution in [3.8, 4) is 0 Å². The van der Waals surface area contributed by atoms with Crippen molar-refractivity contribution >= 4 is 10.0 Å². The average molecular weight is 295 g/mol. The van der Waals surface area contributed by atoms with E-state index in [1.807, 2.05) is 13.8 Å². The molecule has 0 spiro atoms. The van der Waals surface area contributed by atoms with Crippen molar-refractivity contribution < 1.29 is 17.9 Å². The summed E-state index contributed by atoms with van der Waals surface area (Å²) in [6, 6.07) is 6.52. The van der Waals surface area contributed by atoms with Crippen LogP contribution >= 0.6 is 0 Å². The number of aliphatic hydroxyl groups excluding tert-OH is 1. The molecule has 0 saturated heterocycles. The van der Waals surface area contributed by atoms with Gasteiger partial charge in [0.2, 0.25) is 10.0 Å². The Labute approximate surface area is 118 Å². The van der Waals surface area contributed by atoms with Crippen LogP contribution in [-0.2, 0) is 10.0 Å². The average Bonchev–Trinajstić information content (AvgIpc) is 2.93. The smallest absolute Gasteiger partial charge is 0.240 e. The van der Waals surface area contributed by atoms with Crippen LogP contribution in [0.2, 0.25) is 0 Å². The van der Waals surface area contributed by atoms with Gasteiger partial charge in [0.05, 0.1) is 23.5 Å². The molecule has 6 heteroatoms.